The first kappa shape index (κ1) is 10.2. The minimum atomic E-state index is 0.204. The molecular weight excluding hydrogens is 198 g/mol. The van der Waals surface area contributed by atoms with Crippen LogP contribution < -0.4 is 10.5 Å². The third-order valence-corrected chi connectivity index (χ3v) is 4.24. The summed E-state index contributed by atoms with van der Waals surface area (Å²) >= 11 is 0. The van der Waals surface area contributed by atoms with Crippen molar-refractivity contribution in [2.45, 2.75) is 37.5 Å². The molecule has 1 aliphatic carbocycles. The summed E-state index contributed by atoms with van der Waals surface area (Å²) in [7, 11) is 0. The molecule has 2 nitrogen and oxygen atoms in total. The van der Waals surface area contributed by atoms with Gasteiger partial charge in [0, 0.05) is 23.9 Å². The zero-order valence-electron chi connectivity index (χ0n) is 9.67. The molecule has 0 bridgehead atoms. The van der Waals surface area contributed by atoms with Gasteiger partial charge in [-0.1, -0.05) is 31.0 Å². The second kappa shape index (κ2) is 3.77. The second-order valence-corrected chi connectivity index (χ2v) is 5.08. The fourth-order valence-electron chi connectivity index (χ4n) is 3.27. The van der Waals surface area contributed by atoms with Crippen molar-refractivity contribution < 1.29 is 4.74 Å². The zero-order chi connectivity index (χ0) is 11.0. The van der Waals surface area contributed by atoms with Crippen molar-refractivity contribution in [1.29, 1.82) is 0 Å². The molecule has 0 saturated heterocycles. The summed E-state index contributed by atoms with van der Waals surface area (Å²) in [5.41, 5.74) is 8.99. The molecule has 0 atom stereocenters. The number of hydrogen-bond donors (Lipinski definition) is 1. The van der Waals surface area contributed by atoms with Gasteiger partial charge >= 0.3 is 0 Å². The minimum absolute atomic E-state index is 0.204. The predicted molar refractivity (Wildman–Crippen MR) is 64.8 cm³/mol. The van der Waals surface area contributed by atoms with Crippen LogP contribution in [0.15, 0.2) is 18.2 Å². The molecule has 2 heteroatoms. The summed E-state index contributed by atoms with van der Waals surface area (Å²) in [5, 5.41) is 0. The van der Waals surface area contributed by atoms with Gasteiger partial charge in [0.1, 0.15) is 5.75 Å². The molecule has 16 heavy (non-hydrogen) atoms. The highest BCUT2D eigenvalue weighted by atomic mass is 16.5. The maximum atomic E-state index is 6.04. The maximum absolute atomic E-state index is 6.04. The first-order chi connectivity index (χ1) is 7.86. The first-order valence-electron chi connectivity index (χ1n) is 6.31. The van der Waals surface area contributed by atoms with Crippen LogP contribution in [-0.4, -0.2) is 13.2 Å². The van der Waals surface area contributed by atoms with Crippen LogP contribution in [0.3, 0.4) is 0 Å². The molecule has 0 radical (unpaired) electrons. The molecule has 3 rings (SSSR count). The van der Waals surface area contributed by atoms with Crippen molar-refractivity contribution in [3.8, 4) is 5.75 Å². The number of ether oxygens (including phenoxy) is 1. The Balaban J connectivity index is 2.08. The van der Waals surface area contributed by atoms with Crippen LogP contribution in [0.4, 0.5) is 0 Å². The highest BCUT2D eigenvalue weighted by Crippen LogP contribution is 2.46. The van der Waals surface area contributed by atoms with Gasteiger partial charge in [0.05, 0.1) is 6.61 Å². The van der Waals surface area contributed by atoms with E-state index in [0.717, 1.165) is 25.3 Å². The average molecular weight is 217 g/mol. The maximum Gasteiger partial charge on any atom is 0.126 e. The number of rotatable bonds is 2. The summed E-state index contributed by atoms with van der Waals surface area (Å²) in [6.07, 6.45) is 6.12. The molecule has 1 heterocycles. The Kier molecular flexibility index (Phi) is 2.40. The molecule has 0 unspecified atom stereocenters. The van der Waals surface area contributed by atoms with Gasteiger partial charge in [0.2, 0.25) is 0 Å². The monoisotopic (exact) mass is 217 g/mol. The van der Waals surface area contributed by atoms with Crippen molar-refractivity contribution in [3.05, 3.63) is 29.3 Å². The molecule has 0 aromatic heterocycles. The lowest BCUT2D eigenvalue weighted by Gasteiger charge is -2.29. The van der Waals surface area contributed by atoms with Crippen LogP contribution in [-0.2, 0) is 11.8 Å². The van der Waals surface area contributed by atoms with E-state index in [1.54, 1.807) is 0 Å². The van der Waals surface area contributed by atoms with Gasteiger partial charge in [-0.2, -0.15) is 0 Å². The molecule has 1 aliphatic heterocycles. The number of para-hydroxylation sites is 1. The Morgan fingerprint density at radius 2 is 2.06 bits per heavy atom. The lowest BCUT2D eigenvalue weighted by Crippen LogP contribution is -2.32. The summed E-state index contributed by atoms with van der Waals surface area (Å²) < 4.78 is 5.81. The van der Waals surface area contributed by atoms with Gasteiger partial charge in [-0.3, -0.25) is 0 Å². The van der Waals surface area contributed by atoms with Gasteiger partial charge in [-0.15, -0.1) is 0 Å². The van der Waals surface area contributed by atoms with Crippen LogP contribution >= 0.6 is 0 Å². The van der Waals surface area contributed by atoms with Crippen molar-refractivity contribution in [1.82, 2.24) is 0 Å². The van der Waals surface area contributed by atoms with Gasteiger partial charge in [0.25, 0.3) is 0 Å². The minimum Gasteiger partial charge on any atom is -0.493 e. The van der Waals surface area contributed by atoms with E-state index in [2.05, 4.69) is 18.2 Å². The Morgan fingerprint density at radius 1 is 1.25 bits per heavy atom. The predicted octanol–water partition coefficient (Wildman–Crippen LogP) is 2.39. The van der Waals surface area contributed by atoms with Crippen LogP contribution in [0.5, 0.6) is 5.75 Å². The summed E-state index contributed by atoms with van der Waals surface area (Å²) in [4.78, 5) is 0. The Morgan fingerprint density at radius 3 is 2.81 bits per heavy atom. The van der Waals surface area contributed by atoms with Crippen LogP contribution in [0.25, 0.3) is 0 Å². The SMILES string of the molecule is NCC1(c2cccc3c2OCC3)CCCC1. The Hall–Kier alpha value is -1.02. The zero-order valence-corrected chi connectivity index (χ0v) is 9.67. The quantitative estimate of drug-likeness (QED) is 0.825. The number of hydrogen-bond acceptors (Lipinski definition) is 2. The van der Waals surface area contributed by atoms with Gasteiger partial charge < -0.3 is 10.5 Å². The summed E-state index contributed by atoms with van der Waals surface area (Å²) in [6, 6.07) is 6.58. The van der Waals surface area contributed by atoms with Gasteiger partial charge in [-0.25, -0.2) is 0 Å². The van der Waals surface area contributed by atoms with Crippen molar-refractivity contribution in [2.24, 2.45) is 5.73 Å². The molecule has 0 spiro atoms. The highest BCUT2D eigenvalue weighted by Gasteiger charge is 2.37. The smallest absolute Gasteiger partial charge is 0.126 e. The summed E-state index contributed by atoms with van der Waals surface area (Å²) in [6.45, 7) is 1.60. The topological polar surface area (TPSA) is 35.2 Å². The van der Waals surface area contributed by atoms with Crippen molar-refractivity contribution in [3.63, 3.8) is 0 Å². The van der Waals surface area contributed by atoms with E-state index in [1.165, 1.54) is 36.8 Å². The largest absolute Gasteiger partial charge is 0.493 e. The molecule has 1 saturated carbocycles. The second-order valence-electron chi connectivity index (χ2n) is 5.08. The van der Waals surface area contributed by atoms with E-state index < -0.39 is 0 Å². The first-order valence-corrected chi connectivity index (χ1v) is 6.31. The van der Waals surface area contributed by atoms with E-state index in [4.69, 9.17) is 10.5 Å². The average Bonchev–Trinajstić information content (AvgIpc) is 2.98. The van der Waals surface area contributed by atoms with E-state index in [1.807, 2.05) is 0 Å². The third-order valence-electron chi connectivity index (χ3n) is 4.24. The number of fused-ring (bicyclic) bond motifs is 1. The fraction of sp³-hybridized carbons (Fsp3) is 0.571. The molecular formula is C14H19NO. The summed E-state index contributed by atoms with van der Waals surface area (Å²) in [5.74, 6) is 1.15. The van der Waals surface area contributed by atoms with Crippen molar-refractivity contribution >= 4 is 0 Å². The van der Waals surface area contributed by atoms with Crippen LogP contribution in [0.2, 0.25) is 0 Å². The van der Waals surface area contributed by atoms with Gasteiger partial charge in [0.15, 0.2) is 0 Å². The normalized spacial score (nSPS) is 21.8. The lowest BCUT2D eigenvalue weighted by molar-refractivity contribution is 0.338. The lowest BCUT2D eigenvalue weighted by atomic mass is 9.78. The van der Waals surface area contributed by atoms with E-state index in [9.17, 15) is 0 Å². The van der Waals surface area contributed by atoms with E-state index >= 15 is 0 Å². The molecule has 1 aromatic rings. The van der Waals surface area contributed by atoms with E-state index in [-0.39, 0.29) is 5.41 Å². The highest BCUT2D eigenvalue weighted by molar-refractivity contribution is 5.48. The third kappa shape index (κ3) is 1.36. The molecule has 86 valence electrons. The van der Waals surface area contributed by atoms with E-state index in [0.29, 0.717) is 0 Å². The Bertz CT molecular complexity index is 394. The van der Waals surface area contributed by atoms with Crippen molar-refractivity contribution in [2.75, 3.05) is 13.2 Å². The molecule has 2 aliphatic rings. The molecule has 0 amide bonds. The molecule has 1 fully saturated rings. The fourth-order valence-corrected chi connectivity index (χ4v) is 3.27. The number of benzene rings is 1. The van der Waals surface area contributed by atoms with Gasteiger partial charge in [-0.05, 0) is 18.4 Å². The standard InChI is InChI=1S/C14H19NO/c15-10-14(7-1-2-8-14)12-5-3-4-11-6-9-16-13(11)12/h3-5H,1-2,6-10,15H2. The Labute approximate surface area is 96.8 Å². The van der Waals surface area contributed by atoms with Crippen LogP contribution in [0, 0.1) is 0 Å². The molecule has 2 N–H and O–H groups in total. The molecule has 1 aromatic carbocycles. The van der Waals surface area contributed by atoms with Crippen LogP contribution in [0.1, 0.15) is 36.8 Å². The number of nitrogens with two attached hydrogens (primary N) is 1.